The molecule has 1 aliphatic rings. The zero-order valence-electron chi connectivity index (χ0n) is 17.7. The van der Waals surface area contributed by atoms with Crippen molar-refractivity contribution in [2.75, 3.05) is 20.2 Å². The van der Waals surface area contributed by atoms with Crippen molar-refractivity contribution < 1.29 is 17.9 Å². The van der Waals surface area contributed by atoms with Gasteiger partial charge in [0.1, 0.15) is 10.6 Å². The summed E-state index contributed by atoms with van der Waals surface area (Å²) in [5, 5.41) is 10.8. The van der Waals surface area contributed by atoms with E-state index in [2.05, 4.69) is 31.2 Å². The Morgan fingerprint density at radius 3 is 2.66 bits per heavy atom. The van der Waals surface area contributed by atoms with Crippen LogP contribution in [0.15, 0.2) is 57.7 Å². The Balaban J connectivity index is 1.62. The molecule has 0 bridgehead atoms. The molecule has 2 aromatic rings. The number of hydrogen-bond donors (Lipinski definition) is 2. The van der Waals surface area contributed by atoms with Crippen LogP contribution >= 0.6 is 0 Å². The van der Waals surface area contributed by atoms with Crippen LogP contribution in [0, 0.1) is 12.3 Å². The second-order valence-corrected chi connectivity index (χ2v) is 8.96. The summed E-state index contributed by atoms with van der Waals surface area (Å²) >= 11 is 0. The number of ether oxygens (including phenoxy) is 1. The molecule has 10 heteroatoms. The molecule has 0 unspecified atom stereocenters. The number of nitrogens with one attached hydrogen (secondary N) is 2. The van der Waals surface area contributed by atoms with Crippen LogP contribution in [0.3, 0.4) is 0 Å². The predicted molar refractivity (Wildman–Crippen MR) is 119 cm³/mol. The van der Waals surface area contributed by atoms with E-state index in [1.807, 2.05) is 12.1 Å². The molecule has 168 valence electrons. The fraction of sp³-hybridized carbons (Fsp3) is 0.364. The van der Waals surface area contributed by atoms with Crippen LogP contribution in [0.4, 0.5) is 0 Å². The smallest absolute Gasteiger partial charge is 0.251 e. The van der Waals surface area contributed by atoms with Gasteiger partial charge >= 0.3 is 0 Å². The average molecular weight is 456 g/mol. The molecule has 1 aliphatic heterocycles. The number of rotatable bonds is 12. The van der Waals surface area contributed by atoms with Crippen molar-refractivity contribution in [2.45, 2.75) is 36.2 Å². The summed E-state index contributed by atoms with van der Waals surface area (Å²) < 4.78 is 33.4. The first-order chi connectivity index (χ1) is 15.4. The number of methoxy groups -OCH3 is 1. The second-order valence-electron chi connectivity index (χ2n) is 7.23. The highest BCUT2D eigenvalue weighted by Gasteiger charge is 2.38. The van der Waals surface area contributed by atoms with Crippen molar-refractivity contribution in [3.8, 4) is 18.1 Å². The molecule has 32 heavy (non-hydrogen) atoms. The Morgan fingerprint density at radius 2 is 2.00 bits per heavy atom. The second kappa shape index (κ2) is 10.3. The maximum absolute atomic E-state index is 12.8. The van der Waals surface area contributed by atoms with E-state index in [4.69, 9.17) is 11.2 Å². The molecule has 0 saturated carbocycles. The predicted octanol–water partition coefficient (Wildman–Crippen LogP) is 2.31. The molecule has 2 N–H and O–H groups in total. The standard InChI is InChI=1S/C22H25N5O4S/c1-3-4-11-22(26-27-22)12-15-24-21(28)17-8-9-19(31-2)20(16-17)32(29,30)25-14-10-18-7-5-6-13-23-18/h1,5-9,13,16,25H,4,10-12,14-15H2,2H3,(H,24,28). The van der Waals surface area contributed by atoms with Gasteiger partial charge in [-0.25, -0.2) is 13.1 Å². The first-order valence-corrected chi connectivity index (χ1v) is 11.6. The van der Waals surface area contributed by atoms with Crippen molar-refractivity contribution >= 4 is 15.9 Å². The van der Waals surface area contributed by atoms with E-state index in [9.17, 15) is 13.2 Å². The van der Waals surface area contributed by atoms with Crippen LogP contribution in [-0.4, -0.2) is 45.2 Å². The fourth-order valence-electron chi connectivity index (χ4n) is 3.11. The molecular weight excluding hydrogens is 430 g/mol. The summed E-state index contributed by atoms with van der Waals surface area (Å²) in [4.78, 5) is 16.6. The number of carbonyl (C=O) groups is 1. The Morgan fingerprint density at radius 1 is 1.19 bits per heavy atom. The highest BCUT2D eigenvalue weighted by atomic mass is 32.2. The molecular formula is C22H25N5O4S. The molecule has 9 nitrogen and oxygen atoms in total. The SMILES string of the molecule is C#CCCC1(CCNC(=O)c2ccc(OC)c(S(=O)(=O)NCCc3ccccn3)c2)N=N1. The van der Waals surface area contributed by atoms with Crippen molar-refractivity contribution in [1.82, 2.24) is 15.0 Å². The van der Waals surface area contributed by atoms with Crippen molar-refractivity contribution in [2.24, 2.45) is 10.2 Å². The minimum Gasteiger partial charge on any atom is -0.495 e. The summed E-state index contributed by atoms with van der Waals surface area (Å²) in [6, 6.07) is 9.73. The Kier molecular flexibility index (Phi) is 7.56. The Hall–Kier alpha value is -3.29. The van der Waals surface area contributed by atoms with Crippen LogP contribution in [0.1, 0.15) is 35.3 Å². The van der Waals surface area contributed by atoms with Gasteiger partial charge in [0.25, 0.3) is 5.91 Å². The molecule has 2 heterocycles. The lowest BCUT2D eigenvalue weighted by Gasteiger charge is -2.13. The van der Waals surface area contributed by atoms with Gasteiger partial charge in [0, 0.05) is 56.2 Å². The monoisotopic (exact) mass is 455 g/mol. The van der Waals surface area contributed by atoms with Crippen molar-refractivity contribution in [3.05, 3.63) is 53.9 Å². The van der Waals surface area contributed by atoms with E-state index < -0.39 is 21.6 Å². The van der Waals surface area contributed by atoms with E-state index in [0.717, 1.165) is 5.69 Å². The highest BCUT2D eigenvalue weighted by Crippen LogP contribution is 2.36. The molecule has 0 radical (unpaired) electrons. The van der Waals surface area contributed by atoms with Crippen LogP contribution in [0.5, 0.6) is 5.75 Å². The molecule has 1 aromatic heterocycles. The van der Waals surface area contributed by atoms with Gasteiger partial charge in [-0.1, -0.05) is 6.07 Å². The molecule has 1 amide bonds. The minimum atomic E-state index is -3.90. The molecule has 0 spiro atoms. The fourth-order valence-corrected chi connectivity index (χ4v) is 4.34. The third-order valence-corrected chi connectivity index (χ3v) is 6.46. The topological polar surface area (TPSA) is 122 Å². The van der Waals surface area contributed by atoms with Crippen molar-refractivity contribution in [3.63, 3.8) is 0 Å². The first kappa shape index (κ1) is 23.4. The van der Waals surface area contributed by atoms with E-state index >= 15 is 0 Å². The van der Waals surface area contributed by atoms with E-state index in [0.29, 0.717) is 32.2 Å². The third kappa shape index (κ3) is 6.12. The van der Waals surface area contributed by atoms with Gasteiger partial charge in [0.15, 0.2) is 5.66 Å². The number of sulfonamides is 1. The quantitative estimate of drug-likeness (QED) is 0.476. The third-order valence-electron chi connectivity index (χ3n) is 4.98. The zero-order valence-corrected chi connectivity index (χ0v) is 18.6. The lowest BCUT2D eigenvalue weighted by atomic mass is 10.0. The van der Waals surface area contributed by atoms with Gasteiger partial charge in [-0.2, -0.15) is 10.2 Å². The number of carbonyl (C=O) groups excluding carboxylic acids is 1. The van der Waals surface area contributed by atoms with E-state index in [-0.39, 0.29) is 22.8 Å². The lowest BCUT2D eigenvalue weighted by Crippen LogP contribution is -2.29. The molecule has 0 fully saturated rings. The highest BCUT2D eigenvalue weighted by molar-refractivity contribution is 7.89. The average Bonchev–Trinajstić information content (AvgIpc) is 3.57. The summed E-state index contributed by atoms with van der Waals surface area (Å²) in [6.07, 6.45) is 9.11. The van der Waals surface area contributed by atoms with Crippen LogP contribution in [-0.2, 0) is 16.4 Å². The summed E-state index contributed by atoms with van der Waals surface area (Å²) in [5.41, 5.74) is 0.480. The number of terminal acetylenes is 1. The number of nitrogens with zero attached hydrogens (tertiary/aromatic N) is 3. The van der Waals surface area contributed by atoms with Gasteiger partial charge in [-0.15, -0.1) is 12.3 Å². The minimum absolute atomic E-state index is 0.105. The first-order valence-electron chi connectivity index (χ1n) is 10.1. The summed E-state index contributed by atoms with van der Waals surface area (Å²) in [6.45, 7) is 0.499. The van der Waals surface area contributed by atoms with Crippen LogP contribution in [0.25, 0.3) is 0 Å². The maximum Gasteiger partial charge on any atom is 0.251 e. The molecule has 0 aliphatic carbocycles. The largest absolute Gasteiger partial charge is 0.495 e. The van der Waals surface area contributed by atoms with Gasteiger partial charge in [-0.05, 0) is 30.3 Å². The van der Waals surface area contributed by atoms with Crippen molar-refractivity contribution in [1.29, 1.82) is 0 Å². The lowest BCUT2D eigenvalue weighted by molar-refractivity contribution is 0.0951. The molecule has 0 saturated heterocycles. The van der Waals surface area contributed by atoms with E-state index in [1.165, 1.54) is 25.3 Å². The van der Waals surface area contributed by atoms with Gasteiger partial charge < -0.3 is 10.1 Å². The normalized spacial score (nSPS) is 13.9. The number of amides is 1. The van der Waals surface area contributed by atoms with E-state index in [1.54, 1.807) is 12.3 Å². The van der Waals surface area contributed by atoms with Crippen LogP contribution < -0.4 is 14.8 Å². The van der Waals surface area contributed by atoms with Crippen LogP contribution in [0.2, 0.25) is 0 Å². The zero-order chi connectivity index (χ0) is 23.0. The summed E-state index contributed by atoms with van der Waals surface area (Å²) in [5.74, 6) is 2.31. The summed E-state index contributed by atoms with van der Waals surface area (Å²) in [7, 11) is -2.53. The van der Waals surface area contributed by atoms with Gasteiger partial charge in [0.05, 0.1) is 7.11 Å². The van der Waals surface area contributed by atoms with Gasteiger partial charge in [-0.3, -0.25) is 9.78 Å². The Labute approximate surface area is 187 Å². The molecule has 3 rings (SSSR count). The molecule has 1 aromatic carbocycles. The molecule has 0 atom stereocenters. The Bertz CT molecular complexity index is 1120. The van der Waals surface area contributed by atoms with Gasteiger partial charge in [0.2, 0.25) is 10.0 Å². The number of hydrogen-bond acceptors (Lipinski definition) is 7. The number of benzene rings is 1. The maximum atomic E-state index is 12.8. The number of pyridine rings is 1. The number of aromatic nitrogens is 1.